The third-order valence-corrected chi connectivity index (χ3v) is 6.57. The maximum atomic E-state index is 13.1. The summed E-state index contributed by atoms with van der Waals surface area (Å²) < 4.78 is 7.11. The molecule has 7 nitrogen and oxygen atoms in total. The standard InChI is InChI=1S/C23H25N3O4S2/c1-4-25(5-2)20(27)14-26-21(13-22(28)30-6-3)32-18(23(26)29)12-19-24-17(15-31-19)16-10-8-7-9-11-16/h7-13,15H,4-6,14H2,1-3H3. The Hall–Kier alpha value is -3.04. The molecule has 0 fully saturated rings. The molecule has 1 amide bonds. The molecule has 2 aromatic heterocycles. The number of aromatic nitrogens is 2. The fourth-order valence-corrected chi connectivity index (χ4v) is 4.94. The monoisotopic (exact) mass is 471 g/mol. The van der Waals surface area contributed by atoms with Crippen molar-refractivity contribution in [2.24, 2.45) is 0 Å². The molecule has 0 spiro atoms. The summed E-state index contributed by atoms with van der Waals surface area (Å²) in [4.78, 5) is 44.0. The van der Waals surface area contributed by atoms with E-state index in [-0.39, 0.29) is 24.6 Å². The number of amides is 1. The van der Waals surface area contributed by atoms with Crippen molar-refractivity contribution >= 4 is 46.7 Å². The van der Waals surface area contributed by atoms with Gasteiger partial charge >= 0.3 is 5.97 Å². The Kier molecular flexibility index (Phi) is 8.13. The lowest BCUT2D eigenvalue weighted by Crippen LogP contribution is -2.40. The van der Waals surface area contributed by atoms with Crippen LogP contribution in [0.15, 0.2) is 40.5 Å². The number of esters is 1. The van der Waals surface area contributed by atoms with E-state index in [1.54, 1.807) is 17.9 Å². The minimum atomic E-state index is -0.551. The lowest BCUT2D eigenvalue weighted by atomic mass is 10.2. The van der Waals surface area contributed by atoms with Crippen molar-refractivity contribution in [3.8, 4) is 11.3 Å². The summed E-state index contributed by atoms with van der Waals surface area (Å²) in [7, 11) is 0. The Morgan fingerprint density at radius 2 is 1.88 bits per heavy atom. The minimum absolute atomic E-state index is 0.136. The number of hydrogen-bond donors (Lipinski definition) is 0. The molecule has 0 saturated heterocycles. The van der Waals surface area contributed by atoms with Crippen LogP contribution in [0.25, 0.3) is 23.4 Å². The van der Waals surface area contributed by atoms with Crippen molar-refractivity contribution in [3.63, 3.8) is 0 Å². The maximum Gasteiger partial charge on any atom is 0.333 e. The average molecular weight is 472 g/mol. The first-order valence-electron chi connectivity index (χ1n) is 10.3. The number of carbonyl (C=O) groups excluding carboxylic acids is 2. The molecule has 3 rings (SSSR count). The molecule has 0 unspecified atom stereocenters. The zero-order valence-electron chi connectivity index (χ0n) is 18.2. The molecule has 168 valence electrons. The number of carbonyl (C=O) groups is 2. The normalized spacial score (nSPS) is 12.2. The van der Waals surface area contributed by atoms with E-state index in [9.17, 15) is 14.4 Å². The molecule has 0 aliphatic rings. The van der Waals surface area contributed by atoms with Crippen LogP contribution in [0.1, 0.15) is 25.8 Å². The van der Waals surface area contributed by atoms with Gasteiger partial charge in [0.25, 0.3) is 5.56 Å². The van der Waals surface area contributed by atoms with Gasteiger partial charge in [0.2, 0.25) is 5.91 Å². The SMILES string of the molecule is CCOC(=O)C=c1sc(=Cc2nc(-c3ccccc3)cs2)c(=O)n1CC(=O)N(CC)CC. The smallest absolute Gasteiger partial charge is 0.333 e. The number of thiazole rings is 2. The third kappa shape index (κ3) is 5.60. The van der Waals surface area contributed by atoms with Crippen LogP contribution in [-0.4, -0.2) is 46.0 Å². The zero-order valence-corrected chi connectivity index (χ0v) is 19.9. The number of hydrogen-bond acceptors (Lipinski definition) is 7. The van der Waals surface area contributed by atoms with Crippen molar-refractivity contribution in [2.75, 3.05) is 19.7 Å². The van der Waals surface area contributed by atoms with E-state index in [0.29, 0.717) is 27.3 Å². The largest absolute Gasteiger partial charge is 0.463 e. The highest BCUT2D eigenvalue weighted by molar-refractivity contribution is 7.11. The van der Waals surface area contributed by atoms with E-state index in [1.165, 1.54) is 22.0 Å². The first-order chi connectivity index (χ1) is 15.5. The van der Waals surface area contributed by atoms with E-state index >= 15 is 0 Å². The van der Waals surface area contributed by atoms with Gasteiger partial charge in [-0.1, -0.05) is 30.3 Å². The van der Waals surface area contributed by atoms with Gasteiger partial charge in [-0.05, 0) is 26.8 Å². The van der Waals surface area contributed by atoms with Gasteiger partial charge in [-0.15, -0.1) is 22.7 Å². The van der Waals surface area contributed by atoms with Crippen LogP contribution in [0.4, 0.5) is 0 Å². The summed E-state index contributed by atoms with van der Waals surface area (Å²) >= 11 is 2.57. The molecule has 9 heteroatoms. The van der Waals surface area contributed by atoms with Crippen molar-refractivity contribution in [2.45, 2.75) is 27.3 Å². The number of nitrogens with zero attached hydrogens (tertiary/aromatic N) is 3. The van der Waals surface area contributed by atoms with Gasteiger partial charge < -0.3 is 9.64 Å². The van der Waals surface area contributed by atoms with Gasteiger partial charge in [0, 0.05) is 24.0 Å². The van der Waals surface area contributed by atoms with Gasteiger partial charge in [-0.25, -0.2) is 9.78 Å². The molecule has 0 radical (unpaired) electrons. The Bertz CT molecular complexity index is 1250. The predicted octanol–water partition coefficient (Wildman–Crippen LogP) is 2.07. The Labute approximate surface area is 193 Å². The van der Waals surface area contributed by atoms with Crippen LogP contribution in [0.2, 0.25) is 0 Å². The van der Waals surface area contributed by atoms with Gasteiger partial charge in [0.1, 0.15) is 16.2 Å². The molecule has 1 aromatic carbocycles. The molecule has 32 heavy (non-hydrogen) atoms. The average Bonchev–Trinajstić information content (AvgIpc) is 3.36. The van der Waals surface area contributed by atoms with Crippen LogP contribution < -0.4 is 14.8 Å². The summed E-state index contributed by atoms with van der Waals surface area (Å²) in [5, 5.41) is 2.61. The Balaban J connectivity index is 2.04. The lowest BCUT2D eigenvalue weighted by molar-refractivity contribution is -0.135. The first kappa shape index (κ1) is 23.6. The van der Waals surface area contributed by atoms with Gasteiger partial charge in [0.15, 0.2) is 0 Å². The molecule has 3 aromatic rings. The maximum absolute atomic E-state index is 13.1. The van der Waals surface area contributed by atoms with E-state index in [4.69, 9.17) is 4.74 Å². The van der Waals surface area contributed by atoms with Gasteiger partial charge in [-0.2, -0.15) is 0 Å². The topological polar surface area (TPSA) is 81.5 Å². The molecule has 0 saturated carbocycles. The fraction of sp³-hybridized carbons (Fsp3) is 0.304. The third-order valence-electron chi connectivity index (χ3n) is 4.72. The number of ether oxygens (including phenoxy) is 1. The molecular weight excluding hydrogens is 446 g/mol. The van der Waals surface area contributed by atoms with Crippen LogP contribution in [0.3, 0.4) is 0 Å². The Morgan fingerprint density at radius 3 is 2.53 bits per heavy atom. The van der Waals surface area contributed by atoms with Gasteiger partial charge in [0.05, 0.1) is 22.9 Å². The van der Waals surface area contributed by atoms with Crippen molar-refractivity contribution in [3.05, 3.63) is 60.3 Å². The molecule has 0 bridgehead atoms. The quantitative estimate of drug-likeness (QED) is 0.470. The molecular formula is C23H25N3O4S2. The first-order valence-corrected chi connectivity index (χ1v) is 12.0. The van der Waals surface area contributed by atoms with Gasteiger partial charge in [-0.3, -0.25) is 14.2 Å². The second-order valence-electron chi connectivity index (χ2n) is 6.74. The van der Waals surface area contributed by atoms with E-state index in [2.05, 4.69) is 4.98 Å². The zero-order chi connectivity index (χ0) is 23.1. The van der Waals surface area contributed by atoms with Crippen LogP contribution in [-0.2, 0) is 20.9 Å². The highest BCUT2D eigenvalue weighted by Gasteiger charge is 2.15. The number of rotatable bonds is 8. The minimum Gasteiger partial charge on any atom is -0.463 e. The molecule has 0 N–H and O–H groups in total. The molecule has 0 aliphatic carbocycles. The van der Waals surface area contributed by atoms with E-state index < -0.39 is 5.97 Å². The molecule has 0 aliphatic heterocycles. The predicted molar refractivity (Wildman–Crippen MR) is 128 cm³/mol. The van der Waals surface area contributed by atoms with Crippen molar-refractivity contribution in [1.29, 1.82) is 0 Å². The molecule has 2 heterocycles. The highest BCUT2D eigenvalue weighted by atomic mass is 32.1. The van der Waals surface area contributed by atoms with E-state index in [1.807, 2.05) is 49.6 Å². The second kappa shape index (κ2) is 11.0. The second-order valence-corrected chi connectivity index (χ2v) is 8.69. The molecule has 0 atom stereocenters. The summed E-state index contributed by atoms with van der Waals surface area (Å²) in [6.07, 6.45) is 2.96. The number of likely N-dealkylation sites (N-methyl/N-ethyl adjacent to an activating group) is 1. The summed E-state index contributed by atoms with van der Waals surface area (Å²) in [5.74, 6) is -0.731. The van der Waals surface area contributed by atoms with Crippen LogP contribution >= 0.6 is 22.7 Å². The Morgan fingerprint density at radius 1 is 1.16 bits per heavy atom. The summed E-state index contributed by atoms with van der Waals surface area (Å²) in [6, 6.07) is 9.78. The van der Waals surface area contributed by atoms with E-state index in [0.717, 1.165) is 22.6 Å². The summed E-state index contributed by atoms with van der Waals surface area (Å²) in [6.45, 7) is 6.66. The van der Waals surface area contributed by atoms with Crippen molar-refractivity contribution < 1.29 is 14.3 Å². The number of benzene rings is 1. The highest BCUT2D eigenvalue weighted by Crippen LogP contribution is 2.21. The lowest BCUT2D eigenvalue weighted by Gasteiger charge is -2.18. The summed E-state index contributed by atoms with van der Waals surface area (Å²) in [5.41, 5.74) is 1.49. The van der Waals surface area contributed by atoms with Crippen LogP contribution in [0, 0.1) is 0 Å². The van der Waals surface area contributed by atoms with Crippen molar-refractivity contribution in [1.82, 2.24) is 14.5 Å². The van der Waals surface area contributed by atoms with Crippen LogP contribution in [0.5, 0.6) is 0 Å². The fourth-order valence-electron chi connectivity index (χ4n) is 3.10.